The van der Waals surface area contributed by atoms with E-state index in [0.717, 1.165) is 30.5 Å². The number of carbonyl (C=O) groups excluding carboxylic acids is 1. The Kier molecular flexibility index (Phi) is 4.98. The molecule has 0 saturated carbocycles. The molecule has 1 aliphatic rings. The predicted molar refractivity (Wildman–Crippen MR) is 77.8 cm³/mol. The van der Waals surface area contributed by atoms with Gasteiger partial charge in [-0.3, -0.25) is 9.69 Å². The summed E-state index contributed by atoms with van der Waals surface area (Å²) < 4.78 is 10.5. The van der Waals surface area contributed by atoms with Gasteiger partial charge in [0.1, 0.15) is 12.5 Å². The largest absolute Gasteiger partial charge is 0.482 e. The fraction of sp³-hybridized carbons (Fsp3) is 0.533. The first kappa shape index (κ1) is 14.8. The lowest BCUT2D eigenvalue weighted by atomic mass is 10.0. The molecule has 0 bridgehead atoms. The number of fused-ring (bicyclic) bond motifs is 1. The number of hydrogen-bond acceptors (Lipinski definition) is 4. The van der Waals surface area contributed by atoms with E-state index in [1.807, 2.05) is 18.2 Å². The fourth-order valence-corrected chi connectivity index (χ4v) is 2.31. The van der Waals surface area contributed by atoms with Crippen molar-refractivity contribution in [1.29, 1.82) is 0 Å². The highest BCUT2D eigenvalue weighted by molar-refractivity contribution is 5.97. The van der Waals surface area contributed by atoms with Gasteiger partial charge in [0.05, 0.1) is 5.69 Å². The van der Waals surface area contributed by atoms with Crippen molar-refractivity contribution < 1.29 is 14.3 Å². The Hall–Kier alpha value is -1.59. The Morgan fingerprint density at radius 1 is 1.50 bits per heavy atom. The summed E-state index contributed by atoms with van der Waals surface area (Å²) >= 11 is 0. The van der Waals surface area contributed by atoms with Gasteiger partial charge in [0.2, 0.25) is 0 Å². The number of carbonyl (C=O) groups is 1. The van der Waals surface area contributed by atoms with Crippen LogP contribution in [0.5, 0.6) is 5.75 Å². The number of anilines is 1. The van der Waals surface area contributed by atoms with Crippen LogP contribution in [0.3, 0.4) is 0 Å². The second-order valence-electron chi connectivity index (χ2n) is 5.00. The topological polar surface area (TPSA) is 64.8 Å². The minimum atomic E-state index is -0.0985. The van der Waals surface area contributed by atoms with Crippen LogP contribution in [0.4, 0.5) is 5.69 Å². The molecule has 0 fully saturated rings. The summed E-state index contributed by atoms with van der Waals surface area (Å²) in [6.45, 7) is 2.42. The summed E-state index contributed by atoms with van der Waals surface area (Å²) in [5, 5.41) is 0. The van der Waals surface area contributed by atoms with Gasteiger partial charge in [0, 0.05) is 13.2 Å². The molecule has 1 aromatic rings. The molecular weight excluding hydrogens is 256 g/mol. The van der Waals surface area contributed by atoms with E-state index in [1.54, 1.807) is 12.0 Å². The number of amides is 1. The number of rotatable bonds is 6. The minimum absolute atomic E-state index is 0.0123. The molecule has 0 spiro atoms. The third kappa shape index (κ3) is 3.11. The Labute approximate surface area is 119 Å². The average Bonchev–Trinajstić information content (AvgIpc) is 2.47. The molecule has 1 aromatic carbocycles. The predicted octanol–water partition coefficient (Wildman–Crippen LogP) is 2.21. The number of methoxy groups -OCH3 is 1. The van der Waals surface area contributed by atoms with Gasteiger partial charge >= 0.3 is 0 Å². The summed E-state index contributed by atoms with van der Waals surface area (Å²) in [6.07, 6.45) is 3.15. The second kappa shape index (κ2) is 6.72. The highest BCUT2D eigenvalue weighted by Crippen LogP contribution is 2.34. The van der Waals surface area contributed by atoms with Crippen LogP contribution in [-0.2, 0) is 9.53 Å². The number of unbranched alkanes of at least 4 members (excludes halogenated alkanes) is 1. The third-order valence-corrected chi connectivity index (χ3v) is 3.48. The molecule has 5 heteroatoms. The summed E-state index contributed by atoms with van der Waals surface area (Å²) in [6, 6.07) is 5.78. The lowest BCUT2D eigenvalue weighted by Gasteiger charge is -2.29. The van der Waals surface area contributed by atoms with E-state index >= 15 is 0 Å². The van der Waals surface area contributed by atoms with Crippen molar-refractivity contribution in [2.24, 2.45) is 5.73 Å². The first-order chi connectivity index (χ1) is 9.67. The van der Waals surface area contributed by atoms with Crippen LogP contribution in [0.1, 0.15) is 37.8 Å². The highest BCUT2D eigenvalue weighted by atomic mass is 16.5. The van der Waals surface area contributed by atoms with Gasteiger partial charge in [0.15, 0.2) is 6.61 Å². The molecule has 20 heavy (non-hydrogen) atoms. The molecule has 1 amide bonds. The zero-order chi connectivity index (χ0) is 14.5. The molecule has 110 valence electrons. The van der Waals surface area contributed by atoms with Crippen LogP contribution in [0, 0.1) is 0 Å². The van der Waals surface area contributed by atoms with Crippen molar-refractivity contribution in [3.8, 4) is 5.75 Å². The van der Waals surface area contributed by atoms with Crippen molar-refractivity contribution >= 4 is 11.6 Å². The van der Waals surface area contributed by atoms with E-state index in [9.17, 15) is 4.79 Å². The van der Waals surface area contributed by atoms with Crippen molar-refractivity contribution in [3.63, 3.8) is 0 Å². The molecule has 0 radical (unpaired) electrons. The van der Waals surface area contributed by atoms with Gasteiger partial charge < -0.3 is 15.2 Å². The van der Waals surface area contributed by atoms with Gasteiger partial charge in [-0.25, -0.2) is 0 Å². The van der Waals surface area contributed by atoms with Crippen LogP contribution in [0.25, 0.3) is 0 Å². The molecule has 2 N–H and O–H groups in total. The lowest BCUT2D eigenvalue weighted by Crippen LogP contribution is -2.40. The van der Waals surface area contributed by atoms with E-state index in [0.29, 0.717) is 5.75 Å². The molecule has 1 heterocycles. The Balaban J connectivity index is 2.25. The van der Waals surface area contributed by atoms with Gasteiger partial charge in [-0.15, -0.1) is 0 Å². The number of ether oxygens (including phenoxy) is 2. The normalized spacial score (nSPS) is 15.8. The van der Waals surface area contributed by atoms with E-state index in [2.05, 4.69) is 6.92 Å². The molecular formula is C15H22N2O3. The molecule has 0 aromatic heterocycles. The SMILES string of the molecule is CCCCC(N)c1ccc2c(c1)N(COC)C(=O)CO2. The molecule has 1 unspecified atom stereocenters. The quantitative estimate of drug-likeness (QED) is 0.866. The van der Waals surface area contributed by atoms with Crippen LogP contribution in [-0.4, -0.2) is 26.4 Å². The monoisotopic (exact) mass is 278 g/mol. The lowest BCUT2D eigenvalue weighted by molar-refractivity contribution is -0.122. The van der Waals surface area contributed by atoms with E-state index in [-0.39, 0.29) is 25.3 Å². The van der Waals surface area contributed by atoms with Crippen molar-refractivity contribution in [1.82, 2.24) is 0 Å². The molecule has 0 aliphatic carbocycles. The molecule has 0 saturated heterocycles. The minimum Gasteiger partial charge on any atom is -0.482 e. The van der Waals surface area contributed by atoms with E-state index in [1.165, 1.54) is 0 Å². The molecule has 2 rings (SSSR count). The Morgan fingerprint density at radius 3 is 3.00 bits per heavy atom. The summed E-state index contributed by atoms with van der Waals surface area (Å²) in [4.78, 5) is 13.5. The average molecular weight is 278 g/mol. The van der Waals surface area contributed by atoms with Gasteiger partial charge in [-0.05, 0) is 24.1 Å². The molecule has 1 aliphatic heterocycles. The van der Waals surface area contributed by atoms with Gasteiger partial charge in [-0.2, -0.15) is 0 Å². The van der Waals surface area contributed by atoms with Crippen LogP contribution < -0.4 is 15.4 Å². The summed E-state index contributed by atoms with van der Waals surface area (Å²) in [7, 11) is 1.57. The summed E-state index contributed by atoms with van der Waals surface area (Å²) in [5.41, 5.74) is 7.96. The third-order valence-electron chi connectivity index (χ3n) is 3.48. The number of nitrogens with zero attached hydrogens (tertiary/aromatic N) is 1. The number of hydrogen-bond donors (Lipinski definition) is 1. The number of nitrogens with two attached hydrogens (primary N) is 1. The first-order valence-electron chi connectivity index (χ1n) is 6.99. The second-order valence-corrected chi connectivity index (χ2v) is 5.00. The Bertz CT molecular complexity index is 476. The smallest absolute Gasteiger partial charge is 0.266 e. The zero-order valence-corrected chi connectivity index (χ0v) is 12.1. The van der Waals surface area contributed by atoms with Gasteiger partial charge in [0.25, 0.3) is 5.91 Å². The Morgan fingerprint density at radius 2 is 2.30 bits per heavy atom. The highest BCUT2D eigenvalue weighted by Gasteiger charge is 2.26. The maximum Gasteiger partial charge on any atom is 0.266 e. The van der Waals surface area contributed by atoms with E-state index in [4.69, 9.17) is 15.2 Å². The fourth-order valence-electron chi connectivity index (χ4n) is 2.31. The standard InChI is InChI=1S/C15H22N2O3/c1-3-4-5-12(16)11-6-7-14-13(8-11)17(10-19-2)15(18)9-20-14/h6-8,12H,3-5,9-10,16H2,1-2H3. The first-order valence-corrected chi connectivity index (χ1v) is 6.99. The van der Waals surface area contributed by atoms with Crippen LogP contribution >= 0.6 is 0 Å². The zero-order valence-electron chi connectivity index (χ0n) is 12.1. The van der Waals surface area contributed by atoms with Gasteiger partial charge in [-0.1, -0.05) is 25.8 Å². The molecule has 5 nitrogen and oxygen atoms in total. The molecule has 1 atom stereocenters. The van der Waals surface area contributed by atoms with Crippen LogP contribution in [0.2, 0.25) is 0 Å². The maximum atomic E-state index is 11.9. The van der Waals surface area contributed by atoms with Crippen molar-refractivity contribution in [2.45, 2.75) is 32.2 Å². The maximum absolute atomic E-state index is 11.9. The summed E-state index contributed by atoms with van der Waals surface area (Å²) in [5.74, 6) is 0.603. The van der Waals surface area contributed by atoms with Crippen LogP contribution in [0.15, 0.2) is 18.2 Å². The van der Waals surface area contributed by atoms with E-state index < -0.39 is 0 Å². The van der Waals surface area contributed by atoms with Crippen molar-refractivity contribution in [2.75, 3.05) is 25.3 Å². The number of benzene rings is 1. The van der Waals surface area contributed by atoms with Crippen molar-refractivity contribution in [3.05, 3.63) is 23.8 Å².